The molecule has 0 aliphatic rings. The Hall–Kier alpha value is -2.34. The van der Waals surface area contributed by atoms with Crippen molar-refractivity contribution >= 4 is 19.3 Å². The molecule has 0 radical (unpaired) electrons. The molecule has 0 amide bonds. The number of nitrogens with one attached hydrogen (secondary N) is 1. The van der Waals surface area contributed by atoms with Crippen LogP contribution in [0.2, 0.25) is 0 Å². The average molecular weight is 357 g/mol. The van der Waals surface area contributed by atoms with E-state index >= 15 is 0 Å². The summed E-state index contributed by atoms with van der Waals surface area (Å²) in [6.45, 7) is 4.14. The first kappa shape index (κ1) is 20.0. The lowest BCUT2D eigenvalue weighted by Gasteiger charge is -2.25. The van der Waals surface area contributed by atoms with Crippen molar-refractivity contribution in [2.75, 3.05) is 13.7 Å². The molecular weight excluding hydrogens is 332 g/mol. The maximum atomic E-state index is 13.5. The maximum Gasteiger partial charge on any atom is 0.307 e. The molecule has 1 N–H and O–H groups in total. The van der Waals surface area contributed by atoms with Crippen LogP contribution in [0.25, 0.3) is 0 Å². The number of benzene rings is 2. The monoisotopic (exact) mass is 357 g/mol. The summed E-state index contributed by atoms with van der Waals surface area (Å²) in [4.78, 5) is 12.1. The Morgan fingerprint density at radius 1 is 1.23 bits per heavy atom. The first-order chi connectivity index (χ1) is 12.4. The van der Waals surface area contributed by atoms with Gasteiger partial charge in [0.25, 0.3) is 0 Å². The highest BCUT2D eigenvalue weighted by molar-refractivity contribution is 6.33. The fourth-order valence-corrected chi connectivity index (χ4v) is 2.97. The van der Waals surface area contributed by atoms with E-state index in [2.05, 4.69) is 5.32 Å². The van der Waals surface area contributed by atoms with Crippen LogP contribution < -0.4 is 15.5 Å². The molecule has 138 valence electrons. The maximum absolute atomic E-state index is 13.5. The summed E-state index contributed by atoms with van der Waals surface area (Å²) in [5, 5.41) is 3.47. The van der Waals surface area contributed by atoms with Crippen LogP contribution in [0.3, 0.4) is 0 Å². The van der Waals surface area contributed by atoms with Crippen LogP contribution in [0.4, 0.5) is 4.39 Å². The van der Waals surface area contributed by atoms with E-state index in [-0.39, 0.29) is 30.3 Å². The Morgan fingerprint density at radius 2 is 1.92 bits per heavy atom. The zero-order valence-corrected chi connectivity index (χ0v) is 15.7. The summed E-state index contributed by atoms with van der Waals surface area (Å²) in [7, 11) is 3.47. The van der Waals surface area contributed by atoms with E-state index in [1.807, 2.05) is 39.0 Å². The Labute approximate surface area is 155 Å². The molecule has 4 nitrogen and oxygen atoms in total. The molecule has 0 saturated heterocycles. The molecular formula is C20H25BFNO3. The van der Waals surface area contributed by atoms with E-state index in [4.69, 9.17) is 9.47 Å². The summed E-state index contributed by atoms with van der Waals surface area (Å²) in [6, 6.07) is 12.1. The highest BCUT2D eigenvalue weighted by Crippen LogP contribution is 2.23. The van der Waals surface area contributed by atoms with E-state index in [0.717, 1.165) is 22.3 Å². The molecule has 0 spiro atoms. The van der Waals surface area contributed by atoms with Gasteiger partial charge < -0.3 is 14.8 Å². The second-order valence-electron chi connectivity index (χ2n) is 6.22. The quantitative estimate of drug-likeness (QED) is 0.582. The minimum absolute atomic E-state index is 0.00946. The first-order valence-electron chi connectivity index (χ1n) is 8.76. The summed E-state index contributed by atoms with van der Waals surface area (Å²) >= 11 is 0. The summed E-state index contributed by atoms with van der Waals surface area (Å²) in [6.07, 6.45) is 0.181. The average Bonchev–Trinajstić information content (AvgIpc) is 2.61. The molecule has 2 aromatic rings. The van der Waals surface area contributed by atoms with Gasteiger partial charge in [0.05, 0.1) is 20.1 Å². The summed E-state index contributed by atoms with van der Waals surface area (Å²) in [5.74, 6) is 0.221. The van der Waals surface area contributed by atoms with Crippen LogP contribution in [-0.4, -0.2) is 27.5 Å². The fourth-order valence-electron chi connectivity index (χ4n) is 2.97. The van der Waals surface area contributed by atoms with E-state index < -0.39 is 0 Å². The number of hydrogen-bond acceptors (Lipinski definition) is 4. The van der Waals surface area contributed by atoms with Crippen LogP contribution >= 0.6 is 0 Å². The highest BCUT2D eigenvalue weighted by atomic mass is 19.1. The number of ether oxygens (including phenoxy) is 2. The van der Waals surface area contributed by atoms with Gasteiger partial charge in [0.15, 0.2) is 0 Å². The van der Waals surface area contributed by atoms with Gasteiger partial charge in [-0.05, 0) is 49.2 Å². The molecule has 0 aliphatic carbocycles. The van der Waals surface area contributed by atoms with Gasteiger partial charge in [0.1, 0.15) is 19.4 Å². The van der Waals surface area contributed by atoms with Gasteiger partial charge in [0.2, 0.25) is 0 Å². The van der Waals surface area contributed by atoms with Crippen molar-refractivity contribution in [3.63, 3.8) is 0 Å². The van der Waals surface area contributed by atoms with E-state index in [1.165, 1.54) is 12.1 Å². The number of carbonyl (C=O) groups is 1. The van der Waals surface area contributed by atoms with Gasteiger partial charge in [-0.2, -0.15) is 0 Å². The Bertz CT molecular complexity index is 736. The van der Waals surface area contributed by atoms with Crippen molar-refractivity contribution in [2.45, 2.75) is 32.4 Å². The molecule has 0 aromatic heterocycles. The molecule has 2 rings (SSSR count). The van der Waals surface area contributed by atoms with Crippen LogP contribution in [0.15, 0.2) is 42.5 Å². The highest BCUT2D eigenvalue weighted by Gasteiger charge is 2.21. The van der Waals surface area contributed by atoms with Gasteiger partial charge in [-0.3, -0.25) is 4.79 Å². The van der Waals surface area contributed by atoms with E-state index in [1.54, 1.807) is 20.1 Å². The standard InChI is InChI=1S/C20H25BFNO3/c1-4-26-20(24)12-19(17-10-7-15(22)11-18(17)21)23-13(2)14-5-8-16(25-3)9-6-14/h5-11,13,19,23H,4,12,21H2,1-3H3/t13-,19+/m0/s1. The third-order valence-corrected chi connectivity index (χ3v) is 4.35. The molecule has 0 fully saturated rings. The lowest BCUT2D eigenvalue weighted by Crippen LogP contribution is -2.31. The van der Waals surface area contributed by atoms with Crippen LogP contribution in [-0.2, 0) is 9.53 Å². The van der Waals surface area contributed by atoms with E-state index in [0.29, 0.717) is 6.61 Å². The third-order valence-electron chi connectivity index (χ3n) is 4.35. The predicted octanol–water partition coefficient (Wildman–Crippen LogP) is 2.44. The smallest absolute Gasteiger partial charge is 0.307 e. The zero-order valence-electron chi connectivity index (χ0n) is 15.7. The van der Waals surface area contributed by atoms with Gasteiger partial charge in [-0.15, -0.1) is 0 Å². The second kappa shape index (κ2) is 9.39. The van der Waals surface area contributed by atoms with Crippen LogP contribution in [0, 0.1) is 5.82 Å². The molecule has 2 aromatic carbocycles. The molecule has 2 atom stereocenters. The first-order valence-corrected chi connectivity index (χ1v) is 8.76. The molecule has 0 saturated carbocycles. The zero-order chi connectivity index (χ0) is 19.1. The summed E-state index contributed by atoms with van der Waals surface area (Å²) in [5.41, 5.74) is 2.76. The molecule has 0 bridgehead atoms. The van der Waals surface area contributed by atoms with Gasteiger partial charge in [0, 0.05) is 12.1 Å². The number of esters is 1. The number of methoxy groups -OCH3 is 1. The minimum Gasteiger partial charge on any atom is -0.497 e. The molecule has 0 aliphatic heterocycles. The topological polar surface area (TPSA) is 47.6 Å². The molecule has 26 heavy (non-hydrogen) atoms. The SMILES string of the molecule is Bc1cc(F)ccc1[C@@H](CC(=O)OCC)N[C@@H](C)c1ccc(OC)cc1. The van der Waals surface area contributed by atoms with Crippen molar-refractivity contribution in [1.29, 1.82) is 0 Å². The number of halogens is 1. The Balaban J connectivity index is 2.23. The number of carbonyl (C=O) groups excluding carboxylic acids is 1. The lowest BCUT2D eigenvalue weighted by molar-refractivity contribution is -0.143. The molecule has 0 heterocycles. The van der Waals surface area contributed by atoms with E-state index in [9.17, 15) is 9.18 Å². The van der Waals surface area contributed by atoms with Gasteiger partial charge in [-0.25, -0.2) is 4.39 Å². The van der Waals surface area contributed by atoms with Gasteiger partial charge in [-0.1, -0.05) is 23.7 Å². The van der Waals surface area contributed by atoms with Crippen LogP contribution in [0.5, 0.6) is 5.75 Å². The van der Waals surface area contributed by atoms with Crippen LogP contribution in [0.1, 0.15) is 43.5 Å². The van der Waals surface area contributed by atoms with Crippen molar-refractivity contribution in [2.24, 2.45) is 0 Å². The summed E-state index contributed by atoms with van der Waals surface area (Å²) < 4.78 is 23.8. The third kappa shape index (κ3) is 5.33. The predicted molar refractivity (Wildman–Crippen MR) is 103 cm³/mol. The number of hydrogen-bond donors (Lipinski definition) is 1. The largest absolute Gasteiger partial charge is 0.497 e. The molecule has 6 heteroatoms. The second-order valence-corrected chi connectivity index (χ2v) is 6.22. The van der Waals surface area contributed by atoms with Crippen molar-refractivity contribution in [3.05, 3.63) is 59.4 Å². The fraction of sp³-hybridized carbons (Fsp3) is 0.350. The normalized spacial score (nSPS) is 13.1. The van der Waals surface area contributed by atoms with Crippen molar-refractivity contribution in [1.82, 2.24) is 5.32 Å². The number of rotatable bonds is 8. The van der Waals surface area contributed by atoms with Crippen molar-refractivity contribution < 1.29 is 18.7 Å². The minimum atomic E-state index is -0.288. The van der Waals surface area contributed by atoms with Crippen molar-refractivity contribution in [3.8, 4) is 5.75 Å². The Morgan fingerprint density at radius 3 is 2.50 bits per heavy atom. The Kier molecular flexibility index (Phi) is 7.21. The lowest BCUT2D eigenvalue weighted by atomic mass is 9.85. The van der Waals surface area contributed by atoms with Gasteiger partial charge >= 0.3 is 5.97 Å². The molecule has 0 unspecified atom stereocenters.